The van der Waals surface area contributed by atoms with Crippen LogP contribution in [0.25, 0.3) is 0 Å². The Bertz CT molecular complexity index is 480. The van der Waals surface area contributed by atoms with E-state index in [9.17, 15) is 8.42 Å². The Kier molecular flexibility index (Phi) is 8.97. The van der Waals surface area contributed by atoms with Gasteiger partial charge >= 0.3 is 0 Å². The molecule has 2 saturated carbocycles. The van der Waals surface area contributed by atoms with Gasteiger partial charge in [-0.1, -0.05) is 71.6 Å². The number of unbranched alkanes of at least 4 members (excludes halogenated alkanes) is 4. The summed E-state index contributed by atoms with van der Waals surface area (Å²) in [5.41, 5.74) is 0. The van der Waals surface area contributed by atoms with Gasteiger partial charge in [0.15, 0.2) is 9.84 Å². The summed E-state index contributed by atoms with van der Waals surface area (Å²) >= 11 is 0. The molecule has 0 aliphatic heterocycles. The van der Waals surface area contributed by atoms with Gasteiger partial charge in [-0.05, 0) is 62.7 Å². The van der Waals surface area contributed by atoms with Crippen LogP contribution in [0.2, 0.25) is 0 Å². The molecule has 0 aromatic carbocycles. The van der Waals surface area contributed by atoms with Gasteiger partial charge in [0, 0.05) is 6.26 Å². The van der Waals surface area contributed by atoms with Crippen LogP contribution < -0.4 is 0 Å². The van der Waals surface area contributed by atoms with Crippen molar-refractivity contribution in [2.75, 3.05) is 6.26 Å². The van der Waals surface area contributed by atoms with Crippen LogP contribution in [0, 0.1) is 17.8 Å². The molecule has 0 spiro atoms. The monoisotopic (exact) mass is 384 g/mol. The second-order valence-electron chi connectivity index (χ2n) is 9.53. The molecule has 0 atom stereocenters. The van der Waals surface area contributed by atoms with Crippen molar-refractivity contribution in [1.82, 2.24) is 0 Å². The van der Waals surface area contributed by atoms with Crippen LogP contribution in [0.1, 0.15) is 117 Å². The van der Waals surface area contributed by atoms with E-state index in [-0.39, 0.29) is 0 Å². The normalized spacial score (nSPS) is 33.3. The average Bonchev–Trinajstić information content (AvgIpc) is 2.62. The fourth-order valence-corrected chi connectivity index (χ4v) is 7.26. The van der Waals surface area contributed by atoms with E-state index in [0.29, 0.717) is 0 Å². The van der Waals surface area contributed by atoms with Crippen molar-refractivity contribution in [3.05, 3.63) is 0 Å². The highest BCUT2D eigenvalue weighted by Gasteiger charge is 2.44. The third kappa shape index (κ3) is 5.97. The molecule has 0 saturated heterocycles. The van der Waals surface area contributed by atoms with Gasteiger partial charge in [0.25, 0.3) is 0 Å². The second-order valence-corrected chi connectivity index (χ2v) is 11.9. The topological polar surface area (TPSA) is 34.1 Å². The largest absolute Gasteiger partial charge is 0.229 e. The fourth-order valence-electron chi connectivity index (χ4n) is 5.77. The molecular formula is C23H44O2S. The molecule has 26 heavy (non-hydrogen) atoms. The fraction of sp³-hybridized carbons (Fsp3) is 1.00. The van der Waals surface area contributed by atoms with Crippen LogP contribution in [0.4, 0.5) is 0 Å². The Labute approximate surface area is 163 Å². The first kappa shape index (κ1) is 22.2. The third-order valence-corrected chi connectivity index (χ3v) is 9.92. The average molecular weight is 385 g/mol. The first-order chi connectivity index (χ1) is 12.4. The van der Waals surface area contributed by atoms with Crippen molar-refractivity contribution in [1.29, 1.82) is 0 Å². The van der Waals surface area contributed by atoms with Gasteiger partial charge < -0.3 is 0 Å². The van der Waals surface area contributed by atoms with Crippen LogP contribution in [0.15, 0.2) is 0 Å². The highest BCUT2D eigenvalue weighted by atomic mass is 32.2. The molecule has 2 aliphatic rings. The molecule has 0 radical (unpaired) electrons. The third-order valence-electron chi connectivity index (χ3n) is 7.74. The SMILES string of the molecule is CCCCCC1CCC(C2CCC(CCCCC)(S(C)(=O)=O)CC2)CC1. The lowest BCUT2D eigenvalue weighted by Crippen LogP contribution is -2.43. The molecule has 2 fully saturated rings. The van der Waals surface area contributed by atoms with Gasteiger partial charge in [0.1, 0.15) is 0 Å². The predicted molar refractivity (Wildman–Crippen MR) is 113 cm³/mol. The van der Waals surface area contributed by atoms with Crippen LogP contribution in [0.3, 0.4) is 0 Å². The van der Waals surface area contributed by atoms with E-state index in [1.807, 2.05) is 0 Å². The molecule has 154 valence electrons. The lowest BCUT2D eigenvalue weighted by atomic mass is 9.68. The quantitative estimate of drug-likeness (QED) is 0.383. The van der Waals surface area contributed by atoms with Gasteiger partial charge in [0.2, 0.25) is 0 Å². The van der Waals surface area contributed by atoms with Crippen molar-refractivity contribution in [2.24, 2.45) is 17.8 Å². The first-order valence-corrected chi connectivity index (χ1v) is 13.5. The Balaban J connectivity index is 1.81. The molecule has 0 N–H and O–H groups in total. The standard InChI is InChI=1S/C23H44O2S/c1-4-6-8-10-20-11-13-21(14-12-20)22-15-18-23(19-16-22,26(3,24)25)17-9-7-5-2/h20-22H,4-19H2,1-3H3. The van der Waals surface area contributed by atoms with Crippen LogP contribution in [-0.4, -0.2) is 19.4 Å². The van der Waals surface area contributed by atoms with Gasteiger partial charge in [-0.2, -0.15) is 0 Å². The summed E-state index contributed by atoms with van der Waals surface area (Å²) in [6.07, 6.45) is 21.3. The molecule has 0 heterocycles. The van der Waals surface area contributed by atoms with Gasteiger partial charge in [-0.25, -0.2) is 8.42 Å². The summed E-state index contributed by atoms with van der Waals surface area (Å²) in [7, 11) is -2.94. The van der Waals surface area contributed by atoms with Gasteiger partial charge in [-0.3, -0.25) is 0 Å². The smallest absolute Gasteiger partial charge is 0.153 e. The maximum Gasteiger partial charge on any atom is 0.153 e. The van der Waals surface area contributed by atoms with E-state index in [4.69, 9.17) is 0 Å². The Morgan fingerprint density at radius 3 is 1.85 bits per heavy atom. The van der Waals surface area contributed by atoms with E-state index in [0.717, 1.165) is 56.3 Å². The highest BCUT2D eigenvalue weighted by Crippen LogP contribution is 2.47. The summed E-state index contributed by atoms with van der Waals surface area (Å²) in [6, 6.07) is 0. The van der Waals surface area contributed by atoms with Crippen molar-refractivity contribution < 1.29 is 8.42 Å². The summed E-state index contributed by atoms with van der Waals surface area (Å²) in [6.45, 7) is 4.49. The molecule has 0 unspecified atom stereocenters. The second kappa shape index (κ2) is 10.5. The van der Waals surface area contributed by atoms with Crippen LogP contribution >= 0.6 is 0 Å². The minimum atomic E-state index is -2.94. The molecule has 2 rings (SSSR count). The molecule has 0 aromatic heterocycles. The van der Waals surface area contributed by atoms with E-state index in [1.165, 1.54) is 70.5 Å². The molecule has 2 nitrogen and oxygen atoms in total. The van der Waals surface area contributed by atoms with Crippen molar-refractivity contribution >= 4 is 9.84 Å². The number of sulfone groups is 1. The van der Waals surface area contributed by atoms with Gasteiger partial charge in [0.05, 0.1) is 4.75 Å². The van der Waals surface area contributed by atoms with E-state index in [1.54, 1.807) is 0 Å². The van der Waals surface area contributed by atoms with Crippen LogP contribution in [0.5, 0.6) is 0 Å². The molecule has 3 heteroatoms. The number of rotatable bonds is 10. The molecular weight excluding hydrogens is 340 g/mol. The van der Waals surface area contributed by atoms with E-state index >= 15 is 0 Å². The lowest BCUT2D eigenvalue weighted by Gasteiger charge is -2.43. The number of hydrogen-bond donors (Lipinski definition) is 0. The van der Waals surface area contributed by atoms with Crippen molar-refractivity contribution in [3.8, 4) is 0 Å². The van der Waals surface area contributed by atoms with Crippen molar-refractivity contribution in [3.63, 3.8) is 0 Å². The van der Waals surface area contributed by atoms with Gasteiger partial charge in [-0.15, -0.1) is 0 Å². The summed E-state index contributed by atoms with van der Waals surface area (Å²) < 4.78 is 24.7. The predicted octanol–water partition coefficient (Wildman–Crippen LogP) is 6.93. The summed E-state index contributed by atoms with van der Waals surface area (Å²) in [5, 5.41) is 0. The summed E-state index contributed by atoms with van der Waals surface area (Å²) in [4.78, 5) is 0. The van der Waals surface area contributed by atoms with E-state index < -0.39 is 14.6 Å². The Morgan fingerprint density at radius 1 is 0.769 bits per heavy atom. The Hall–Kier alpha value is -0.0500. The summed E-state index contributed by atoms with van der Waals surface area (Å²) in [5.74, 6) is 2.66. The maximum atomic E-state index is 12.6. The number of hydrogen-bond acceptors (Lipinski definition) is 2. The van der Waals surface area contributed by atoms with Crippen molar-refractivity contribution in [2.45, 2.75) is 121 Å². The maximum absolute atomic E-state index is 12.6. The highest BCUT2D eigenvalue weighted by molar-refractivity contribution is 7.92. The minimum absolute atomic E-state index is 0.393. The molecule has 0 aromatic rings. The lowest BCUT2D eigenvalue weighted by molar-refractivity contribution is 0.145. The molecule has 0 amide bonds. The van der Waals surface area contributed by atoms with E-state index in [2.05, 4.69) is 13.8 Å². The minimum Gasteiger partial charge on any atom is -0.229 e. The first-order valence-electron chi connectivity index (χ1n) is 11.6. The van der Waals surface area contributed by atoms with Crippen LogP contribution in [-0.2, 0) is 9.84 Å². The zero-order valence-corrected chi connectivity index (χ0v) is 18.6. The molecule has 2 aliphatic carbocycles. The zero-order chi connectivity index (χ0) is 19.0. The zero-order valence-electron chi connectivity index (χ0n) is 17.8. The molecule has 0 bridgehead atoms. The Morgan fingerprint density at radius 2 is 1.31 bits per heavy atom.